The molecule has 0 unspecified atom stereocenters. The molecule has 1 aliphatic heterocycles. The normalized spacial score (nSPS) is 18.9. The van der Waals surface area contributed by atoms with Crippen molar-refractivity contribution in [3.8, 4) is 0 Å². The molecule has 0 spiro atoms. The summed E-state index contributed by atoms with van der Waals surface area (Å²) in [6.07, 6.45) is 0. The number of likely N-dealkylation sites (N-methyl/N-ethyl adjacent to an activating group) is 1. The van der Waals surface area contributed by atoms with Gasteiger partial charge in [-0.15, -0.1) is 11.3 Å². The summed E-state index contributed by atoms with van der Waals surface area (Å²) in [6.45, 7) is 5.58. The largest absolute Gasteiger partial charge is 0.307 e. The number of nitrogens with zero attached hydrogens (tertiary/aromatic N) is 1. The first-order valence-corrected chi connectivity index (χ1v) is 5.58. The Balaban J connectivity index is 1.74. The van der Waals surface area contributed by atoms with Gasteiger partial charge in [0, 0.05) is 30.6 Å². The summed E-state index contributed by atoms with van der Waals surface area (Å²) in [5, 5.41) is 5.78. The molecule has 0 radical (unpaired) electrons. The van der Waals surface area contributed by atoms with Crippen LogP contribution in [0.15, 0.2) is 11.4 Å². The van der Waals surface area contributed by atoms with Crippen molar-refractivity contribution in [2.45, 2.75) is 19.5 Å². The van der Waals surface area contributed by atoms with Crippen LogP contribution in [0.3, 0.4) is 0 Å². The van der Waals surface area contributed by atoms with E-state index in [-0.39, 0.29) is 0 Å². The van der Waals surface area contributed by atoms with Gasteiger partial charge in [0.25, 0.3) is 0 Å². The van der Waals surface area contributed by atoms with Crippen LogP contribution in [0.4, 0.5) is 0 Å². The van der Waals surface area contributed by atoms with Gasteiger partial charge in [-0.1, -0.05) is 0 Å². The Morgan fingerprint density at radius 3 is 2.92 bits per heavy atom. The van der Waals surface area contributed by atoms with E-state index in [2.05, 4.69) is 35.6 Å². The van der Waals surface area contributed by atoms with Crippen LogP contribution in [0.1, 0.15) is 10.4 Å². The molecule has 0 amide bonds. The number of aryl methyl sites for hydroxylation is 1. The highest BCUT2D eigenvalue weighted by atomic mass is 32.1. The Hall–Kier alpha value is -0.380. The van der Waals surface area contributed by atoms with Gasteiger partial charge in [-0.2, -0.15) is 0 Å². The van der Waals surface area contributed by atoms with Crippen molar-refractivity contribution in [3.05, 3.63) is 21.9 Å². The fourth-order valence-electron chi connectivity index (χ4n) is 1.68. The lowest BCUT2D eigenvalue weighted by Crippen LogP contribution is -2.55. The molecule has 3 heteroatoms. The predicted octanol–water partition coefficient (Wildman–Crippen LogP) is 1.46. The van der Waals surface area contributed by atoms with E-state index in [0.717, 1.165) is 6.54 Å². The average molecular weight is 196 g/mol. The Morgan fingerprint density at radius 1 is 1.62 bits per heavy atom. The Morgan fingerprint density at radius 2 is 2.38 bits per heavy atom. The summed E-state index contributed by atoms with van der Waals surface area (Å²) >= 11 is 1.83. The molecule has 2 heterocycles. The second-order valence-corrected chi connectivity index (χ2v) is 4.98. The number of thiophene rings is 1. The standard InChI is InChI=1S/C10H16N2S/c1-8-3-9(7-13-8)4-11-10-5-12(2)6-10/h3,7,10-11H,4-6H2,1-2H3. The van der Waals surface area contributed by atoms with Gasteiger partial charge >= 0.3 is 0 Å². The Bertz CT molecular complexity index is 276. The molecule has 0 atom stereocenters. The molecule has 0 bridgehead atoms. The fraction of sp³-hybridized carbons (Fsp3) is 0.600. The van der Waals surface area contributed by atoms with Gasteiger partial charge in [-0.05, 0) is 31.0 Å². The molecule has 1 N–H and O–H groups in total. The van der Waals surface area contributed by atoms with E-state index < -0.39 is 0 Å². The van der Waals surface area contributed by atoms with Gasteiger partial charge in [0.1, 0.15) is 0 Å². The second kappa shape index (κ2) is 3.78. The molecule has 1 aliphatic rings. The number of hydrogen-bond acceptors (Lipinski definition) is 3. The molecule has 72 valence electrons. The van der Waals surface area contributed by atoms with Crippen molar-refractivity contribution in [2.24, 2.45) is 0 Å². The van der Waals surface area contributed by atoms with Crippen molar-refractivity contribution in [3.63, 3.8) is 0 Å². The molecule has 13 heavy (non-hydrogen) atoms. The third kappa shape index (κ3) is 2.30. The monoisotopic (exact) mass is 196 g/mol. The molecular weight excluding hydrogens is 180 g/mol. The lowest BCUT2D eigenvalue weighted by atomic mass is 10.1. The maximum absolute atomic E-state index is 3.54. The highest BCUT2D eigenvalue weighted by Gasteiger charge is 2.21. The molecular formula is C10H16N2S. The second-order valence-electron chi connectivity index (χ2n) is 3.86. The highest BCUT2D eigenvalue weighted by molar-refractivity contribution is 7.10. The molecule has 1 saturated heterocycles. The van der Waals surface area contributed by atoms with Gasteiger partial charge in [0.2, 0.25) is 0 Å². The van der Waals surface area contributed by atoms with Crippen molar-refractivity contribution in [1.82, 2.24) is 10.2 Å². The van der Waals surface area contributed by atoms with Crippen LogP contribution in [-0.2, 0) is 6.54 Å². The third-order valence-electron chi connectivity index (χ3n) is 2.44. The minimum atomic E-state index is 0.713. The zero-order valence-electron chi connectivity index (χ0n) is 8.21. The molecule has 1 fully saturated rings. The van der Waals surface area contributed by atoms with E-state index in [1.807, 2.05) is 11.3 Å². The Kier molecular flexibility index (Phi) is 2.67. The zero-order chi connectivity index (χ0) is 9.26. The third-order valence-corrected chi connectivity index (χ3v) is 3.35. The minimum Gasteiger partial charge on any atom is -0.307 e. The van der Waals surface area contributed by atoms with Crippen LogP contribution < -0.4 is 5.32 Å². The van der Waals surface area contributed by atoms with Gasteiger partial charge in [-0.25, -0.2) is 0 Å². The zero-order valence-corrected chi connectivity index (χ0v) is 9.03. The van der Waals surface area contributed by atoms with Gasteiger partial charge in [0.05, 0.1) is 0 Å². The van der Waals surface area contributed by atoms with Crippen LogP contribution >= 0.6 is 11.3 Å². The summed E-state index contributed by atoms with van der Waals surface area (Å²) in [4.78, 5) is 3.74. The maximum Gasteiger partial charge on any atom is 0.0325 e. The lowest BCUT2D eigenvalue weighted by Gasteiger charge is -2.36. The average Bonchev–Trinajstić information content (AvgIpc) is 2.43. The molecule has 1 aromatic rings. The first-order valence-electron chi connectivity index (χ1n) is 4.70. The van der Waals surface area contributed by atoms with E-state index in [4.69, 9.17) is 0 Å². The fourth-order valence-corrected chi connectivity index (χ4v) is 2.39. The van der Waals surface area contributed by atoms with Crippen molar-refractivity contribution >= 4 is 11.3 Å². The Labute approximate surface area is 83.6 Å². The summed E-state index contributed by atoms with van der Waals surface area (Å²) < 4.78 is 0. The molecule has 0 aliphatic carbocycles. The quantitative estimate of drug-likeness (QED) is 0.787. The van der Waals surface area contributed by atoms with Crippen molar-refractivity contribution in [1.29, 1.82) is 0 Å². The lowest BCUT2D eigenvalue weighted by molar-refractivity contribution is 0.161. The van der Waals surface area contributed by atoms with E-state index >= 15 is 0 Å². The molecule has 1 aromatic heterocycles. The molecule has 2 rings (SSSR count). The predicted molar refractivity (Wildman–Crippen MR) is 57.2 cm³/mol. The van der Waals surface area contributed by atoms with E-state index in [1.54, 1.807) is 0 Å². The van der Waals surface area contributed by atoms with E-state index in [0.29, 0.717) is 6.04 Å². The van der Waals surface area contributed by atoms with Gasteiger partial charge in [-0.3, -0.25) is 0 Å². The van der Waals surface area contributed by atoms with Gasteiger partial charge < -0.3 is 10.2 Å². The van der Waals surface area contributed by atoms with Crippen LogP contribution in [0.2, 0.25) is 0 Å². The topological polar surface area (TPSA) is 15.3 Å². The first kappa shape index (κ1) is 9.19. The summed E-state index contributed by atoms with van der Waals surface area (Å²) in [6, 6.07) is 2.98. The number of nitrogens with one attached hydrogen (secondary N) is 1. The molecule has 0 aromatic carbocycles. The van der Waals surface area contributed by atoms with Crippen molar-refractivity contribution < 1.29 is 0 Å². The number of likely N-dealkylation sites (tertiary alicyclic amines) is 1. The SMILES string of the molecule is Cc1cc(CNC2CN(C)C2)cs1. The summed E-state index contributed by atoms with van der Waals surface area (Å²) in [7, 11) is 2.16. The van der Waals surface area contributed by atoms with Gasteiger partial charge in [0.15, 0.2) is 0 Å². The first-order chi connectivity index (χ1) is 6.24. The maximum atomic E-state index is 3.54. The molecule has 0 saturated carbocycles. The summed E-state index contributed by atoms with van der Waals surface area (Å²) in [5.41, 5.74) is 1.43. The highest BCUT2D eigenvalue weighted by Crippen LogP contribution is 2.13. The number of rotatable bonds is 3. The summed E-state index contributed by atoms with van der Waals surface area (Å²) in [5.74, 6) is 0. The number of hydrogen-bond donors (Lipinski definition) is 1. The minimum absolute atomic E-state index is 0.713. The van der Waals surface area contributed by atoms with Crippen LogP contribution in [0, 0.1) is 6.92 Å². The smallest absolute Gasteiger partial charge is 0.0325 e. The van der Waals surface area contributed by atoms with E-state index in [1.165, 1.54) is 23.5 Å². The van der Waals surface area contributed by atoms with Crippen molar-refractivity contribution in [2.75, 3.05) is 20.1 Å². The van der Waals surface area contributed by atoms with Crippen LogP contribution in [-0.4, -0.2) is 31.1 Å². The van der Waals surface area contributed by atoms with Crippen LogP contribution in [0.25, 0.3) is 0 Å². The molecule has 2 nitrogen and oxygen atoms in total. The van der Waals surface area contributed by atoms with Crippen LogP contribution in [0.5, 0.6) is 0 Å². The van der Waals surface area contributed by atoms with E-state index in [9.17, 15) is 0 Å².